The predicted octanol–water partition coefficient (Wildman–Crippen LogP) is 3.05. The van der Waals surface area contributed by atoms with Gasteiger partial charge in [-0.3, -0.25) is 14.9 Å². The van der Waals surface area contributed by atoms with E-state index >= 15 is 0 Å². The second-order valence-electron chi connectivity index (χ2n) is 4.93. The average Bonchev–Trinajstić information content (AvgIpc) is 2.54. The minimum absolute atomic E-state index is 0.128. The third-order valence-corrected chi connectivity index (χ3v) is 3.43. The van der Waals surface area contributed by atoms with E-state index in [0.29, 0.717) is 11.3 Å². The SMILES string of the molecule is CN(C)C(=S)Oc1cccc(C(=O)c2cccc([N+](=O)[O-])c2)c1. The van der Waals surface area contributed by atoms with Crippen LogP contribution in [0.3, 0.4) is 0 Å². The molecule has 0 saturated heterocycles. The summed E-state index contributed by atoms with van der Waals surface area (Å²) in [5.41, 5.74) is 0.480. The quantitative estimate of drug-likeness (QED) is 0.371. The minimum atomic E-state index is -0.536. The van der Waals surface area contributed by atoms with Gasteiger partial charge in [0.15, 0.2) is 5.78 Å². The lowest BCUT2D eigenvalue weighted by molar-refractivity contribution is -0.384. The highest BCUT2D eigenvalue weighted by Crippen LogP contribution is 2.20. The summed E-state index contributed by atoms with van der Waals surface area (Å²) in [6.45, 7) is 0. The molecule has 0 bridgehead atoms. The lowest BCUT2D eigenvalue weighted by atomic mass is 10.0. The smallest absolute Gasteiger partial charge is 0.270 e. The van der Waals surface area contributed by atoms with E-state index < -0.39 is 4.92 Å². The van der Waals surface area contributed by atoms with Crippen LogP contribution >= 0.6 is 12.2 Å². The summed E-state index contributed by atoms with van der Waals surface area (Å²) < 4.78 is 5.46. The molecule has 0 unspecified atom stereocenters. The highest BCUT2D eigenvalue weighted by atomic mass is 32.1. The van der Waals surface area contributed by atoms with Gasteiger partial charge in [0, 0.05) is 37.4 Å². The van der Waals surface area contributed by atoms with Gasteiger partial charge >= 0.3 is 0 Å². The number of non-ortho nitro benzene ring substituents is 1. The normalized spacial score (nSPS) is 10.0. The van der Waals surface area contributed by atoms with E-state index in [-0.39, 0.29) is 22.2 Å². The van der Waals surface area contributed by atoms with Crippen LogP contribution in [0.15, 0.2) is 48.5 Å². The largest absolute Gasteiger partial charge is 0.432 e. The molecule has 0 amide bonds. The predicted molar refractivity (Wildman–Crippen MR) is 89.9 cm³/mol. The highest BCUT2D eigenvalue weighted by molar-refractivity contribution is 7.80. The van der Waals surface area contributed by atoms with Crippen molar-refractivity contribution in [1.29, 1.82) is 0 Å². The van der Waals surface area contributed by atoms with Gasteiger partial charge in [0.25, 0.3) is 10.9 Å². The summed E-state index contributed by atoms with van der Waals surface area (Å²) >= 11 is 5.05. The van der Waals surface area contributed by atoms with Crippen LogP contribution in [0.2, 0.25) is 0 Å². The Morgan fingerprint density at radius 1 is 1.13 bits per heavy atom. The van der Waals surface area contributed by atoms with Crippen molar-refractivity contribution in [2.75, 3.05) is 14.1 Å². The van der Waals surface area contributed by atoms with Crippen molar-refractivity contribution in [3.8, 4) is 5.75 Å². The van der Waals surface area contributed by atoms with Crippen LogP contribution < -0.4 is 4.74 Å². The summed E-state index contributed by atoms with van der Waals surface area (Å²) in [6, 6.07) is 12.1. The van der Waals surface area contributed by atoms with E-state index in [1.165, 1.54) is 24.3 Å². The number of nitro groups is 1. The summed E-state index contributed by atoms with van der Waals surface area (Å²) in [4.78, 5) is 24.4. The molecule has 0 aromatic heterocycles. The van der Waals surface area contributed by atoms with Crippen molar-refractivity contribution in [2.24, 2.45) is 0 Å². The van der Waals surface area contributed by atoms with Crippen molar-refractivity contribution in [3.05, 3.63) is 69.8 Å². The zero-order valence-electron chi connectivity index (χ0n) is 12.6. The standard InChI is InChI=1S/C16H14N2O4S/c1-17(2)16(23)22-14-8-4-6-12(10-14)15(19)11-5-3-7-13(9-11)18(20)21/h3-10H,1-2H3. The number of carbonyl (C=O) groups excluding carboxylic acids is 1. The molecule has 0 saturated carbocycles. The van der Waals surface area contributed by atoms with Gasteiger partial charge in [0.2, 0.25) is 0 Å². The van der Waals surface area contributed by atoms with Crippen LogP contribution in [0.4, 0.5) is 5.69 Å². The van der Waals surface area contributed by atoms with Gasteiger partial charge in [0.1, 0.15) is 5.75 Å². The maximum Gasteiger partial charge on any atom is 0.270 e. The van der Waals surface area contributed by atoms with Crippen molar-refractivity contribution in [1.82, 2.24) is 4.90 Å². The third-order valence-electron chi connectivity index (χ3n) is 2.99. The van der Waals surface area contributed by atoms with Crippen molar-refractivity contribution >= 4 is 28.9 Å². The van der Waals surface area contributed by atoms with E-state index in [1.54, 1.807) is 43.3 Å². The summed E-state index contributed by atoms with van der Waals surface area (Å²) in [6.07, 6.45) is 0. The number of hydrogen-bond donors (Lipinski definition) is 0. The molecule has 7 heteroatoms. The Kier molecular flexibility index (Phi) is 5.02. The van der Waals surface area contributed by atoms with Crippen LogP contribution in [0, 0.1) is 10.1 Å². The molecule has 0 radical (unpaired) electrons. The number of nitrogens with zero attached hydrogens (tertiary/aromatic N) is 2. The second-order valence-corrected chi connectivity index (χ2v) is 5.28. The number of hydrogen-bond acceptors (Lipinski definition) is 5. The van der Waals surface area contributed by atoms with Crippen LogP contribution in [-0.4, -0.2) is 34.9 Å². The molecule has 0 aliphatic rings. The molecule has 2 aromatic carbocycles. The van der Waals surface area contributed by atoms with Crippen LogP contribution in [0.25, 0.3) is 0 Å². The molecule has 2 rings (SSSR count). The van der Waals surface area contributed by atoms with Crippen molar-refractivity contribution in [3.63, 3.8) is 0 Å². The van der Waals surface area contributed by atoms with Crippen LogP contribution in [0.5, 0.6) is 5.75 Å². The van der Waals surface area contributed by atoms with E-state index in [1.807, 2.05) is 0 Å². The third kappa shape index (κ3) is 4.10. The number of carbonyl (C=O) groups is 1. The lowest BCUT2D eigenvalue weighted by Gasteiger charge is -2.14. The fraction of sp³-hybridized carbons (Fsp3) is 0.125. The fourth-order valence-electron chi connectivity index (χ4n) is 1.82. The first kappa shape index (κ1) is 16.6. The molecule has 23 heavy (non-hydrogen) atoms. The van der Waals surface area contributed by atoms with Crippen molar-refractivity contribution < 1.29 is 14.5 Å². The molecule has 2 aromatic rings. The molecule has 0 N–H and O–H groups in total. The monoisotopic (exact) mass is 330 g/mol. The molecule has 0 fully saturated rings. The first-order valence-electron chi connectivity index (χ1n) is 6.67. The first-order valence-corrected chi connectivity index (χ1v) is 7.07. The van der Waals surface area contributed by atoms with E-state index in [2.05, 4.69) is 0 Å². The van der Waals surface area contributed by atoms with E-state index in [0.717, 1.165) is 0 Å². The van der Waals surface area contributed by atoms with Gasteiger partial charge in [-0.1, -0.05) is 24.3 Å². The number of benzene rings is 2. The zero-order valence-corrected chi connectivity index (χ0v) is 13.4. The molecule has 6 nitrogen and oxygen atoms in total. The Balaban J connectivity index is 2.28. The molecule has 118 valence electrons. The van der Waals surface area contributed by atoms with Crippen molar-refractivity contribution in [2.45, 2.75) is 0 Å². The Labute approximate surface area is 138 Å². The number of rotatable bonds is 4. The molecule has 0 atom stereocenters. The Bertz CT molecular complexity index is 774. The zero-order chi connectivity index (χ0) is 17.0. The molecule has 0 spiro atoms. The number of nitro benzene ring substituents is 1. The maximum atomic E-state index is 12.5. The Hall–Kier alpha value is -2.80. The van der Waals surface area contributed by atoms with Crippen LogP contribution in [0.1, 0.15) is 15.9 Å². The number of ether oxygens (including phenoxy) is 1. The van der Waals surface area contributed by atoms with E-state index in [4.69, 9.17) is 17.0 Å². The summed E-state index contributed by atoms with van der Waals surface area (Å²) in [7, 11) is 3.50. The average molecular weight is 330 g/mol. The molecule has 0 aliphatic carbocycles. The first-order chi connectivity index (χ1) is 10.9. The maximum absolute atomic E-state index is 12.5. The van der Waals surface area contributed by atoms with Gasteiger partial charge in [-0.15, -0.1) is 0 Å². The van der Waals surface area contributed by atoms with E-state index in [9.17, 15) is 14.9 Å². The topological polar surface area (TPSA) is 72.7 Å². The van der Waals surface area contributed by atoms with Gasteiger partial charge in [-0.05, 0) is 24.4 Å². The Morgan fingerprint density at radius 2 is 1.74 bits per heavy atom. The second kappa shape index (κ2) is 6.97. The number of ketones is 1. The highest BCUT2D eigenvalue weighted by Gasteiger charge is 2.14. The minimum Gasteiger partial charge on any atom is -0.432 e. The number of thiocarbonyl (C=S) groups is 1. The molecule has 0 heterocycles. The fourth-order valence-corrected chi connectivity index (χ4v) is 1.92. The molecular weight excluding hydrogens is 316 g/mol. The van der Waals surface area contributed by atoms with Crippen LogP contribution in [-0.2, 0) is 0 Å². The summed E-state index contributed by atoms with van der Waals surface area (Å²) in [5, 5.41) is 11.1. The Morgan fingerprint density at radius 3 is 2.35 bits per heavy atom. The van der Waals surface area contributed by atoms with Gasteiger partial charge < -0.3 is 9.64 Å². The van der Waals surface area contributed by atoms with Gasteiger partial charge in [0.05, 0.1) is 4.92 Å². The molecule has 0 aliphatic heterocycles. The summed E-state index contributed by atoms with van der Waals surface area (Å²) in [5.74, 6) is 0.106. The molecular formula is C16H14N2O4S. The van der Waals surface area contributed by atoms with Gasteiger partial charge in [-0.25, -0.2) is 0 Å². The lowest BCUT2D eigenvalue weighted by Crippen LogP contribution is -2.25. The van der Waals surface area contributed by atoms with Gasteiger partial charge in [-0.2, -0.15) is 0 Å².